The molecule has 0 aliphatic rings. The maximum Gasteiger partial charge on any atom is 0.407 e. The Hall–Kier alpha value is -0.925. The van der Waals surface area contributed by atoms with Gasteiger partial charge in [-0.05, 0) is 18.3 Å². The van der Waals surface area contributed by atoms with Crippen molar-refractivity contribution >= 4 is 7.48 Å². The molecule has 0 unspecified atom stereocenters. The van der Waals surface area contributed by atoms with Gasteiger partial charge in [-0.1, -0.05) is 13.8 Å². The van der Waals surface area contributed by atoms with E-state index < -0.39 is 0 Å². The van der Waals surface area contributed by atoms with Crippen LogP contribution in [0, 0.1) is 0 Å². The smallest absolute Gasteiger partial charge is 0.407 e. The lowest BCUT2D eigenvalue weighted by molar-refractivity contribution is 0.247. The standard InChI is InChI=1S/C7H12BN2O/c1-6(2)7-4-9-10(5-7)11-8-3/h4-6H,1-3H3. The number of rotatable bonds is 3. The monoisotopic (exact) mass is 151 g/mol. The van der Waals surface area contributed by atoms with Crippen LogP contribution in [-0.2, 0) is 0 Å². The van der Waals surface area contributed by atoms with Crippen molar-refractivity contribution in [3.63, 3.8) is 0 Å². The van der Waals surface area contributed by atoms with Crippen LogP contribution in [0.3, 0.4) is 0 Å². The highest BCUT2D eigenvalue weighted by atomic mass is 16.6. The number of nitrogens with zero attached hydrogens (tertiary/aromatic N) is 2. The van der Waals surface area contributed by atoms with Crippen LogP contribution in [0.15, 0.2) is 12.4 Å². The minimum Gasteiger partial charge on any atom is -0.476 e. The largest absolute Gasteiger partial charge is 0.476 e. The number of aromatic nitrogens is 2. The highest BCUT2D eigenvalue weighted by Gasteiger charge is 2.01. The van der Waals surface area contributed by atoms with Gasteiger partial charge in [0, 0.05) is 0 Å². The van der Waals surface area contributed by atoms with Gasteiger partial charge in [0.05, 0.1) is 12.4 Å². The van der Waals surface area contributed by atoms with Gasteiger partial charge in [-0.3, -0.25) is 0 Å². The van der Waals surface area contributed by atoms with Crippen molar-refractivity contribution in [3.8, 4) is 0 Å². The predicted octanol–water partition coefficient (Wildman–Crippen LogP) is 1.10. The minimum absolute atomic E-state index is 0.504. The van der Waals surface area contributed by atoms with Crippen LogP contribution in [0.1, 0.15) is 25.3 Å². The van der Waals surface area contributed by atoms with Crippen molar-refractivity contribution in [2.75, 3.05) is 0 Å². The zero-order valence-electron chi connectivity index (χ0n) is 7.11. The Labute approximate surface area is 67.6 Å². The van der Waals surface area contributed by atoms with Crippen molar-refractivity contribution in [1.82, 2.24) is 9.94 Å². The molecule has 59 valence electrons. The summed E-state index contributed by atoms with van der Waals surface area (Å²) in [7, 11) is 1.59. The van der Waals surface area contributed by atoms with Crippen molar-refractivity contribution in [3.05, 3.63) is 18.0 Å². The third-order valence-electron chi connectivity index (χ3n) is 1.46. The van der Waals surface area contributed by atoms with E-state index in [9.17, 15) is 0 Å². The Balaban J connectivity index is 2.66. The Bertz CT molecular complexity index is 222. The molecular formula is C7H12BN2O. The maximum absolute atomic E-state index is 5.02. The second-order valence-corrected chi connectivity index (χ2v) is 2.67. The molecule has 1 aromatic rings. The Kier molecular flexibility index (Phi) is 2.57. The zero-order valence-corrected chi connectivity index (χ0v) is 7.11. The zero-order chi connectivity index (χ0) is 8.27. The van der Waals surface area contributed by atoms with Crippen molar-refractivity contribution in [1.29, 1.82) is 0 Å². The highest BCUT2D eigenvalue weighted by Crippen LogP contribution is 2.11. The summed E-state index contributed by atoms with van der Waals surface area (Å²) in [6, 6.07) is 0. The first-order chi connectivity index (χ1) is 5.24. The summed E-state index contributed by atoms with van der Waals surface area (Å²) in [4.78, 5) is 1.45. The van der Waals surface area contributed by atoms with E-state index in [0.717, 1.165) is 0 Å². The second kappa shape index (κ2) is 3.46. The van der Waals surface area contributed by atoms with E-state index in [2.05, 4.69) is 18.9 Å². The summed E-state index contributed by atoms with van der Waals surface area (Å²) in [6.45, 7) is 6.06. The molecule has 11 heavy (non-hydrogen) atoms. The molecule has 3 nitrogen and oxygen atoms in total. The van der Waals surface area contributed by atoms with Crippen LogP contribution in [0.4, 0.5) is 0 Å². The van der Waals surface area contributed by atoms with Gasteiger partial charge >= 0.3 is 7.48 Å². The third-order valence-corrected chi connectivity index (χ3v) is 1.46. The van der Waals surface area contributed by atoms with Crippen LogP contribution < -0.4 is 4.76 Å². The van der Waals surface area contributed by atoms with Gasteiger partial charge in [-0.15, -0.1) is 9.94 Å². The molecule has 0 spiro atoms. The summed E-state index contributed by atoms with van der Waals surface area (Å²) in [5, 5.41) is 3.99. The molecule has 0 aromatic carbocycles. The van der Waals surface area contributed by atoms with Crippen molar-refractivity contribution in [2.24, 2.45) is 0 Å². The van der Waals surface area contributed by atoms with Crippen LogP contribution in [-0.4, -0.2) is 17.4 Å². The fourth-order valence-electron chi connectivity index (χ4n) is 0.782. The van der Waals surface area contributed by atoms with Crippen LogP contribution in [0.2, 0.25) is 6.82 Å². The summed E-state index contributed by atoms with van der Waals surface area (Å²) in [5.74, 6) is 0.504. The lowest BCUT2D eigenvalue weighted by atomic mass is 10.1. The molecule has 0 aliphatic carbocycles. The van der Waals surface area contributed by atoms with E-state index in [1.54, 1.807) is 7.48 Å². The summed E-state index contributed by atoms with van der Waals surface area (Å²) < 4.78 is 5.02. The average Bonchev–Trinajstić information content (AvgIpc) is 2.37. The molecule has 0 amide bonds. The quantitative estimate of drug-likeness (QED) is 0.604. The van der Waals surface area contributed by atoms with E-state index in [4.69, 9.17) is 4.76 Å². The molecule has 0 saturated carbocycles. The summed E-state index contributed by atoms with van der Waals surface area (Å²) >= 11 is 0. The molecule has 1 heterocycles. The normalized spacial score (nSPS) is 10.2. The Morgan fingerprint density at radius 2 is 2.36 bits per heavy atom. The topological polar surface area (TPSA) is 27.1 Å². The summed E-state index contributed by atoms with van der Waals surface area (Å²) in [5.41, 5.74) is 1.19. The van der Waals surface area contributed by atoms with Crippen molar-refractivity contribution in [2.45, 2.75) is 26.6 Å². The lowest BCUT2D eigenvalue weighted by Gasteiger charge is -2.00. The maximum atomic E-state index is 5.02. The SMILES string of the molecule is C[B]On1cc(C(C)C)cn1. The molecule has 1 rings (SSSR count). The molecular weight excluding hydrogens is 139 g/mol. The van der Waals surface area contributed by atoms with Crippen LogP contribution in [0.25, 0.3) is 0 Å². The third kappa shape index (κ3) is 2.00. The Morgan fingerprint density at radius 1 is 1.64 bits per heavy atom. The van der Waals surface area contributed by atoms with E-state index >= 15 is 0 Å². The molecule has 0 atom stereocenters. The first kappa shape index (κ1) is 8.17. The molecule has 0 saturated heterocycles. The van der Waals surface area contributed by atoms with Crippen molar-refractivity contribution < 1.29 is 4.76 Å². The molecule has 0 fully saturated rings. The van der Waals surface area contributed by atoms with Crippen LogP contribution >= 0.6 is 0 Å². The molecule has 0 N–H and O–H groups in total. The van der Waals surface area contributed by atoms with Gasteiger partial charge in [-0.2, -0.15) is 0 Å². The van der Waals surface area contributed by atoms with Gasteiger partial charge in [-0.25, -0.2) is 0 Å². The molecule has 1 aromatic heterocycles. The predicted molar refractivity (Wildman–Crippen MR) is 44.5 cm³/mol. The van der Waals surface area contributed by atoms with E-state index in [-0.39, 0.29) is 0 Å². The van der Waals surface area contributed by atoms with E-state index in [1.807, 2.05) is 19.2 Å². The average molecular weight is 151 g/mol. The van der Waals surface area contributed by atoms with Gasteiger partial charge in [0.2, 0.25) is 0 Å². The molecule has 1 radical (unpaired) electrons. The number of hydrogen-bond acceptors (Lipinski definition) is 2. The molecule has 0 bridgehead atoms. The lowest BCUT2D eigenvalue weighted by Crippen LogP contribution is -2.13. The van der Waals surface area contributed by atoms with Gasteiger partial charge < -0.3 is 4.76 Å². The first-order valence-corrected chi connectivity index (χ1v) is 3.73. The van der Waals surface area contributed by atoms with Gasteiger partial charge in [0.25, 0.3) is 0 Å². The van der Waals surface area contributed by atoms with Gasteiger partial charge in [0.15, 0.2) is 0 Å². The Morgan fingerprint density at radius 3 is 2.82 bits per heavy atom. The highest BCUT2D eigenvalue weighted by molar-refractivity contribution is 6.24. The van der Waals surface area contributed by atoms with Gasteiger partial charge in [0.1, 0.15) is 0 Å². The van der Waals surface area contributed by atoms with E-state index in [0.29, 0.717) is 5.92 Å². The second-order valence-electron chi connectivity index (χ2n) is 2.67. The van der Waals surface area contributed by atoms with E-state index in [1.165, 1.54) is 10.4 Å². The van der Waals surface area contributed by atoms with Crippen LogP contribution in [0.5, 0.6) is 0 Å². The minimum atomic E-state index is 0.504. The molecule has 0 aliphatic heterocycles. The molecule has 4 heteroatoms. The first-order valence-electron chi connectivity index (χ1n) is 3.73. The fourth-order valence-corrected chi connectivity index (χ4v) is 0.782. The summed E-state index contributed by atoms with van der Waals surface area (Å²) in [6.07, 6.45) is 3.69. The number of hydrogen-bond donors (Lipinski definition) is 0. The fraction of sp³-hybridized carbons (Fsp3) is 0.571.